The molecule has 14 heteroatoms. The molecule has 10 aromatic carbocycles. The summed E-state index contributed by atoms with van der Waals surface area (Å²) < 4.78 is 55.9. The van der Waals surface area contributed by atoms with Crippen LogP contribution in [0.25, 0.3) is 44.5 Å². The number of aliphatic hydroxyl groups is 2. The van der Waals surface area contributed by atoms with Gasteiger partial charge in [0.1, 0.15) is 57.5 Å². The first-order chi connectivity index (χ1) is 71.1. The molecule has 11 rings (SSSR count). The molecule has 1 fully saturated rings. The van der Waals surface area contributed by atoms with Gasteiger partial charge in [-0.25, -0.2) is 0 Å². The quantitative estimate of drug-likeness (QED) is 0.0285. The van der Waals surface area contributed by atoms with E-state index in [2.05, 4.69) is 294 Å². The second-order valence-electron chi connectivity index (χ2n) is 42.5. The highest BCUT2D eigenvalue weighted by molar-refractivity contribution is 5.90. The maximum atomic E-state index is 13.0. The minimum Gasteiger partial charge on any atom is -0.508 e. The van der Waals surface area contributed by atoms with E-state index in [9.17, 15) is 20.4 Å². The summed E-state index contributed by atoms with van der Waals surface area (Å²) in [4.78, 5) is 4.44. The Balaban J connectivity index is 1.01. The minimum atomic E-state index is -1.22. The minimum absolute atomic E-state index is 0.0849. The van der Waals surface area contributed by atoms with Crippen molar-refractivity contribution in [3.63, 3.8) is 0 Å². The van der Waals surface area contributed by atoms with Crippen LogP contribution in [-0.4, -0.2) is 85.5 Å². The highest BCUT2D eigenvalue weighted by atomic mass is 16.5. The fourth-order valence-electron chi connectivity index (χ4n) is 21.4. The Morgan fingerprint density at radius 1 is 0.233 bits per heavy atom. The third kappa shape index (κ3) is 31.0. The zero-order chi connectivity index (χ0) is 105. The Bertz CT molecular complexity index is 4790. The van der Waals surface area contributed by atoms with E-state index in [4.69, 9.17) is 37.9 Å². The summed E-state index contributed by atoms with van der Waals surface area (Å²) in [7, 11) is 0. The number of ether oxygens (including phenoxy) is 8. The van der Waals surface area contributed by atoms with Gasteiger partial charge in [-0.2, -0.15) is 0 Å². The van der Waals surface area contributed by atoms with Crippen molar-refractivity contribution >= 4 is 34.1 Å². The molecule has 0 amide bonds. The molecule has 4 N–H and O–H groups in total. The van der Waals surface area contributed by atoms with Crippen LogP contribution in [0.15, 0.2) is 182 Å². The van der Waals surface area contributed by atoms with Crippen molar-refractivity contribution in [3.8, 4) is 102 Å². The third-order valence-electron chi connectivity index (χ3n) is 31.7. The lowest BCUT2D eigenvalue weighted by Crippen LogP contribution is -2.51. The summed E-state index contributed by atoms with van der Waals surface area (Å²) in [5.41, 5.74) is 17.1. The molecular formula is C132H186N2O12. The van der Waals surface area contributed by atoms with Crippen LogP contribution < -0.4 is 47.7 Å². The van der Waals surface area contributed by atoms with Crippen molar-refractivity contribution in [1.29, 1.82) is 0 Å². The van der Waals surface area contributed by atoms with Crippen LogP contribution in [0.1, 0.15) is 361 Å². The maximum Gasteiger partial charge on any atom is 0.130 e. The van der Waals surface area contributed by atoms with E-state index >= 15 is 0 Å². The molecule has 0 radical (unpaired) electrons. The molecule has 796 valence electrons. The van der Waals surface area contributed by atoms with Crippen LogP contribution in [0.2, 0.25) is 0 Å². The topological polar surface area (TPSA) is 161 Å². The lowest BCUT2D eigenvalue weighted by molar-refractivity contribution is -0.0797. The summed E-state index contributed by atoms with van der Waals surface area (Å²) in [6.45, 7) is 49.6. The molecule has 0 heterocycles. The maximum absolute atomic E-state index is 13.0. The van der Waals surface area contributed by atoms with E-state index in [1.54, 1.807) is 12.1 Å². The van der Waals surface area contributed by atoms with Crippen LogP contribution in [0.4, 0.5) is 34.1 Å². The number of phenols is 2. The van der Waals surface area contributed by atoms with Crippen molar-refractivity contribution in [2.24, 2.45) is 47.3 Å². The van der Waals surface area contributed by atoms with Gasteiger partial charge in [0.15, 0.2) is 0 Å². The average Bonchev–Trinajstić information content (AvgIpc) is 0.790. The lowest BCUT2D eigenvalue weighted by Gasteiger charge is -2.47. The predicted molar refractivity (Wildman–Crippen MR) is 614 cm³/mol. The molecule has 0 aliphatic heterocycles. The number of hydrogen-bond donors (Lipinski definition) is 4. The fourth-order valence-corrected chi connectivity index (χ4v) is 21.4. The third-order valence-corrected chi connectivity index (χ3v) is 31.7. The number of anilines is 6. The van der Waals surface area contributed by atoms with E-state index < -0.39 is 24.0 Å². The van der Waals surface area contributed by atoms with Crippen LogP contribution in [-0.2, 0) is 0 Å². The van der Waals surface area contributed by atoms with Crippen LogP contribution in [0.3, 0.4) is 0 Å². The van der Waals surface area contributed by atoms with Crippen LogP contribution >= 0.6 is 0 Å². The second-order valence-corrected chi connectivity index (χ2v) is 42.5. The first kappa shape index (κ1) is 116. The Morgan fingerprint density at radius 2 is 0.411 bits per heavy atom. The van der Waals surface area contributed by atoms with Gasteiger partial charge in [0, 0.05) is 69.2 Å². The van der Waals surface area contributed by atoms with Gasteiger partial charge in [-0.15, -0.1) is 0 Å². The molecule has 1 aliphatic carbocycles. The van der Waals surface area contributed by atoms with Crippen molar-refractivity contribution in [3.05, 3.63) is 215 Å². The lowest BCUT2D eigenvalue weighted by atomic mass is 9.63. The zero-order valence-electron chi connectivity index (χ0n) is 93.5. The summed E-state index contributed by atoms with van der Waals surface area (Å²) in [5, 5.41) is 51.8. The first-order valence-corrected chi connectivity index (χ1v) is 57.7. The van der Waals surface area contributed by atoms with Gasteiger partial charge < -0.3 is 68.1 Å². The molecule has 1 saturated carbocycles. The molecule has 10 aromatic rings. The number of aliphatic hydroxyl groups excluding tert-OH is 2. The summed E-state index contributed by atoms with van der Waals surface area (Å²) in [6.07, 6.45) is 32.9. The highest BCUT2D eigenvalue weighted by Crippen LogP contribution is 2.56. The summed E-state index contributed by atoms with van der Waals surface area (Å²) in [6, 6.07) is 62.7. The molecule has 0 bridgehead atoms. The van der Waals surface area contributed by atoms with E-state index in [1.807, 2.05) is 24.3 Å². The van der Waals surface area contributed by atoms with Gasteiger partial charge in [-0.05, 0) is 280 Å². The number of phenolic OH excluding ortho intramolecular Hbond substituents is 2. The number of benzene rings is 10. The van der Waals surface area contributed by atoms with Crippen LogP contribution in [0, 0.1) is 75.0 Å². The van der Waals surface area contributed by atoms with E-state index in [0.29, 0.717) is 123 Å². The molecule has 8 atom stereocenters. The monoisotopic (exact) mass is 1990 g/mol. The van der Waals surface area contributed by atoms with Gasteiger partial charge in [0.2, 0.25) is 0 Å². The largest absolute Gasteiger partial charge is 0.508 e. The average molecular weight is 1990 g/mol. The zero-order valence-corrected chi connectivity index (χ0v) is 93.5. The highest BCUT2D eigenvalue weighted by Gasteiger charge is 2.52. The Hall–Kier alpha value is -10.3. The normalized spacial score (nSPS) is 15.7. The molecule has 0 aromatic heterocycles. The second kappa shape index (κ2) is 60.4. The van der Waals surface area contributed by atoms with Crippen molar-refractivity contribution < 1.29 is 58.3 Å². The van der Waals surface area contributed by atoms with Crippen LogP contribution in [0.5, 0.6) is 57.5 Å². The van der Waals surface area contributed by atoms with Gasteiger partial charge >= 0.3 is 0 Å². The van der Waals surface area contributed by atoms with E-state index in [1.165, 1.54) is 0 Å². The van der Waals surface area contributed by atoms with Gasteiger partial charge in [0.05, 0.1) is 87.3 Å². The number of aromatic hydroxyl groups is 2. The number of unbranched alkanes of at least 4 members (excludes halogenated alkanes) is 8. The summed E-state index contributed by atoms with van der Waals surface area (Å²) in [5.74, 6) is 7.61. The number of nitrogens with zero attached hydrogens (tertiary/aromatic N) is 2. The molecule has 0 saturated heterocycles. The van der Waals surface area contributed by atoms with Gasteiger partial charge in [-0.1, -0.05) is 326 Å². The number of rotatable bonds is 68. The standard InChI is InChI=1S/C132H186N2O12/c1-21-37-49-95(29-9)83-139-117-57-45-58-118(140-84-96(30-10)50-38-22-2)125(117)103-65-73-111(91(17)77-103)133(112-74-66-104(78-92(112)18)126-119(141-85-97(31-11)51-39-23-3)59-46-60-120(126)142-86-98(32-12)52-40-24-4)107-69-71-109(115(135)81-107)129-131(137)130(132(129)138)110-72-70-108(82-116(110)136)134(113-75-67-105(79-93(113)19)127-121(143-87-99(33-13)53-41-25-5)61-47-62-122(127)144-88-100(34-14)54-42-26-6)114-76-68-106(80-94(114)20)128-123(145-89-101(35-15)55-43-27-7)63-48-64-124(128)146-90-102(36-16)56-44-28-8/h45-48,57-82,95-102,129-132,135-138H,21-44,49-56,83-90H2,1-20H3. The number of aryl methyl sites for hydroxylation is 4. The molecule has 0 spiro atoms. The van der Waals surface area contributed by atoms with E-state index in [0.717, 1.165) is 341 Å². The SMILES string of the molecule is CCCCC(CC)COc1cccc(OCC(CC)CCCC)c1-c1ccc(N(c2ccc(C3C(O)C(c4ccc(N(c5ccc(-c6c(OCC(CC)CCCC)cccc6OCC(CC)CCCC)cc5C)c5ccc(-c6c(OCC(CC)CCCC)cccc6OCC(CC)CCCC)cc5C)cc4O)C3O)c(O)c2)c2ccc(-c3c(OCC(CC)CCCC)cccc3OCC(CC)CCCC)cc2C)c(C)c1. The van der Waals surface area contributed by atoms with Gasteiger partial charge in [-0.3, -0.25) is 0 Å². The van der Waals surface area contributed by atoms with Crippen molar-refractivity contribution in [2.75, 3.05) is 62.7 Å². The smallest absolute Gasteiger partial charge is 0.130 e. The first-order valence-electron chi connectivity index (χ1n) is 57.7. The molecular weight excluding hydrogens is 1810 g/mol. The Kier molecular flexibility index (Phi) is 48.0. The number of hydrogen-bond acceptors (Lipinski definition) is 14. The Morgan fingerprint density at radius 3 is 0.562 bits per heavy atom. The molecule has 1 aliphatic rings. The van der Waals surface area contributed by atoms with Crippen molar-refractivity contribution in [1.82, 2.24) is 0 Å². The van der Waals surface area contributed by atoms with Crippen molar-refractivity contribution in [2.45, 2.75) is 368 Å². The predicted octanol–water partition coefficient (Wildman–Crippen LogP) is 37.3. The fraction of sp³-hybridized carbons (Fsp3) is 0.545. The molecule has 8 unspecified atom stereocenters. The summed E-state index contributed by atoms with van der Waals surface area (Å²) >= 11 is 0. The molecule has 14 nitrogen and oxygen atoms in total. The molecule has 146 heavy (non-hydrogen) atoms. The Labute approximate surface area is 882 Å². The van der Waals surface area contributed by atoms with E-state index in [-0.39, 0.29) is 11.5 Å². The van der Waals surface area contributed by atoms with Gasteiger partial charge in [0.25, 0.3) is 0 Å².